The van der Waals surface area contributed by atoms with Crippen LogP contribution in [0.5, 0.6) is 0 Å². The Morgan fingerprint density at radius 2 is 2.30 bits per heavy atom. The number of nitrogens with one attached hydrogen (secondary N) is 1. The van der Waals surface area contributed by atoms with Gasteiger partial charge in [0.2, 0.25) is 5.91 Å². The van der Waals surface area contributed by atoms with E-state index in [4.69, 9.17) is 22.1 Å². The molecule has 0 radical (unpaired) electrons. The summed E-state index contributed by atoms with van der Waals surface area (Å²) in [6.07, 6.45) is 4.84. The monoisotopic (exact) mass is 296 g/mol. The van der Waals surface area contributed by atoms with E-state index in [9.17, 15) is 4.79 Å². The van der Waals surface area contributed by atoms with Gasteiger partial charge in [-0.15, -0.1) is 0 Å². The maximum atomic E-state index is 11.0. The zero-order valence-electron chi connectivity index (χ0n) is 11.5. The van der Waals surface area contributed by atoms with Crippen LogP contribution in [0.4, 0.5) is 0 Å². The topological polar surface area (TPSA) is 64.4 Å². The summed E-state index contributed by atoms with van der Waals surface area (Å²) < 4.78 is 5.66. The molecule has 3 N–H and O–H groups in total. The van der Waals surface area contributed by atoms with Crippen molar-refractivity contribution in [3.63, 3.8) is 0 Å². The van der Waals surface area contributed by atoms with Crippen molar-refractivity contribution in [3.05, 3.63) is 34.3 Å². The molecule has 1 aromatic carbocycles. The van der Waals surface area contributed by atoms with E-state index in [1.165, 1.54) is 19.3 Å². The molecule has 110 valence electrons. The highest BCUT2D eigenvalue weighted by Crippen LogP contribution is 2.19. The van der Waals surface area contributed by atoms with Crippen LogP contribution in [0.2, 0.25) is 5.02 Å². The first-order valence-corrected chi connectivity index (χ1v) is 7.44. The van der Waals surface area contributed by atoms with Crippen LogP contribution in [-0.2, 0) is 11.3 Å². The normalized spacial score (nSPS) is 18.9. The number of halogens is 1. The second-order valence-electron chi connectivity index (χ2n) is 5.16. The summed E-state index contributed by atoms with van der Waals surface area (Å²) in [6.45, 7) is 2.29. The third-order valence-corrected chi connectivity index (χ3v) is 3.97. The van der Waals surface area contributed by atoms with Crippen molar-refractivity contribution >= 4 is 17.5 Å². The number of ether oxygens (including phenoxy) is 1. The molecule has 5 heteroatoms. The van der Waals surface area contributed by atoms with Crippen LogP contribution < -0.4 is 11.1 Å². The summed E-state index contributed by atoms with van der Waals surface area (Å²) in [5.74, 6) is -0.470. The summed E-state index contributed by atoms with van der Waals surface area (Å²) >= 11 is 6.10. The van der Waals surface area contributed by atoms with Crippen LogP contribution in [0.25, 0.3) is 0 Å². The molecule has 1 aromatic rings. The van der Waals surface area contributed by atoms with Gasteiger partial charge in [0.15, 0.2) is 0 Å². The molecule has 1 heterocycles. The van der Waals surface area contributed by atoms with Crippen molar-refractivity contribution in [2.45, 2.75) is 38.3 Å². The SMILES string of the molecule is NC(=O)c1ccc(COCCC2CCCCN2)c(Cl)c1. The fourth-order valence-corrected chi connectivity index (χ4v) is 2.63. The Labute approximate surface area is 124 Å². The lowest BCUT2D eigenvalue weighted by Gasteiger charge is -2.23. The molecule has 1 atom stereocenters. The molecular weight excluding hydrogens is 276 g/mol. The summed E-state index contributed by atoms with van der Waals surface area (Å²) in [5.41, 5.74) is 6.51. The second kappa shape index (κ2) is 7.62. The van der Waals surface area contributed by atoms with E-state index in [1.54, 1.807) is 18.2 Å². The average Bonchev–Trinajstić information content (AvgIpc) is 2.46. The van der Waals surface area contributed by atoms with Gasteiger partial charge >= 0.3 is 0 Å². The maximum Gasteiger partial charge on any atom is 0.248 e. The number of hydrogen-bond donors (Lipinski definition) is 2. The molecule has 2 rings (SSSR count). The molecule has 1 saturated heterocycles. The van der Waals surface area contributed by atoms with E-state index >= 15 is 0 Å². The molecule has 1 fully saturated rings. The first kappa shape index (κ1) is 15.3. The van der Waals surface area contributed by atoms with Crippen LogP contribution >= 0.6 is 11.6 Å². The van der Waals surface area contributed by atoms with E-state index in [-0.39, 0.29) is 0 Å². The van der Waals surface area contributed by atoms with Crippen LogP contribution in [0, 0.1) is 0 Å². The Kier molecular flexibility index (Phi) is 5.83. The summed E-state index contributed by atoms with van der Waals surface area (Å²) in [5, 5.41) is 4.02. The van der Waals surface area contributed by atoms with E-state index in [1.807, 2.05) is 0 Å². The summed E-state index contributed by atoms with van der Waals surface area (Å²) in [6, 6.07) is 5.64. The Balaban J connectivity index is 1.74. The van der Waals surface area contributed by atoms with E-state index < -0.39 is 5.91 Å². The van der Waals surface area contributed by atoms with Gasteiger partial charge in [-0.3, -0.25) is 4.79 Å². The van der Waals surface area contributed by atoms with Crippen molar-refractivity contribution < 1.29 is 9.53 Å². The first-order chi connectivity index (χ1) is 9.66. The molecule has 0 spiro atoms. The Bertz CT molecular complexity index is 459. The van der Waals surface area contributed by atoms with Crippen molar-refractivity contribution in [1.29, 1.82) is 0 Å². The van der Waals surface area contributed by atoms with Gasteiger partial charge < -0.3 is 15.8 Å². The molecule has 4 nitrogen and oxygen atoms in total. The molecular formula is C15H21ClN2O2. The highest BCUT2D eigenvalue weighted by Gasteiger charge is 2.12. The Morgan fingerprint density at radius 1 is 1.45 bits per heavy atom. The quantitative estimate of drug-likeness (QED) is 0.793. The van der Waals surface area contributed by atoms with Gasteiger partial charge in [0.25, 0.3) is 0 Å². The third-order valence-electron chi connectivity index (χ3n) is 3.62. The minimum Gasteiger partial charge on any atom is -0.377 e. The number of carbonyl (C=O) groups is 1. The third kappa shape index (κ3) is 4.47. The Hall–Kier alpha value is -1.10. The molecule has 1 aliphatic rings. The fraction of sp³-hybridized carbons (Fsp3) is 0.533. The number of nitrogens with two attached hydrogens (primary N) is 1. The van der Waals surface area contributed by atoms with Gasteiger partial charge in [0.1, 0.15) is 0 Å². The van der Waals surface area contributed by atoms with Crippen molar-refractivity contribution in [2.75, 3.05) is 13.2 Å². The maximum absolute atomic E-state index is 11.0. The van der Waals surface area contributed by atoms with Gasteiger partial charge in [-0.1, -0.05) is 24.1 Å². The molecule has 0 saturated carbocycles. The lowest BCUT2D eigenvalue weighted by molar-refractivity contribution is 0.0999. The molecule has 1 aliphatic heterocycles. The minimum atomic E-state index is -0.470. The highest BCUT2D eigenvalue weighted by atomic mass is 35.5. The number of carbonyl (C=O) groups excluding carboxylic acids is 1. The number of amides is 1. The molecule has 20 heavy (non-hydrogen) atoms. The van der Waals surface area contributed by atoms with E-state index in [2.05, 4.69) is 5.32 Å². The smallest absolute Gasteiger partial charge is 0.248 e. The van der Waals surface area contributed by atoms with E-state index in [0.29, 0.717) is 29.8 Å². The zero-order chi connectivity index (χ0) is 14.4. The van der Waals surface area contributed by atoms with Gasteiger partial charge in [-0.2, -0.15) is 0 Å². The molecule has 0 aromatic heterocycles. The molecule has 1 unspecified atom stereocenters. The van der Waals surface area contributed by atoms with Gasteiger partial charge in [0, 0.05) is 23.2 Å². The minimum absolute atomic E-state index is 0.421. The van der Waals surface area contributed by atoms with Crippen molar-refractivity contribution in [2.24, 2.45) is 5.73 Å². The molecule has 0 aliphatic carbocycles. The zero-order valence-corrected chi connectivity index (χ0v) is 12.3. The predicted octanol–water partition coefficient (Wildman–Crippen LogP) is 2.49. The lowest BCUT2D eigenvalue weighted by atomic mass is 10.0. The number of rotatable bonds is 6. The highest BCUT2D eigenvalue weighted by molar-refractivity contribution is 6.31. The molecule has 0 bridgehead atoms. The van der Waals surface area contributed by atoms with Crippen LogP contribution in [0.15, 0.2) is 18.2 Å². The number of benzene rings is 1. The number of hydrogen-bond acceptors (Lipinski definition) is 3. The number of piperidine rings is 1. The summed E-state index contributed by atoms with van der Waals surface area (Å²) in [4.78, 5) is 11.0. The van der Waals surface area contributed by atoms with Crippen LogP contribution in [-0.4, -0.2) is 25.1 Å². The Morgan fingerprint density at radius 3 is 2.95 bits per heavy atom. The van der Waals surface area contributed by atoms with Crippen molar-refractivity contribution in [3.8, 4) is 0 Å². The lowest BCUT2D eigenvalue weighted by Crippen LogP contribution is -2.34. The average molecular weight is 297 g/mol. The van der Waals surface area contributed by atoms with Crippen molar-refractivity contribution in [1.82, 2.24) is 5.32 Å². The van der Waals surface area contributed by atoms with Crippen LogP contribution in [0.3, 0.4) is 0 Å². The van der Waals surface area contributed by atoms with Gasteiger partial charge in [-0.05, 0) is 43.5 Å². The standard InChI is InChI=1S/C15H21ClN2O2/c16-14-9-11(15(17)19)4-5-12(14)10-20-8-6-13-3-1-2-7-18-13/h4-5,9,13,18H,1-3,6-8,10H2,(H2,17,19). The van der Waals surface area contributed by atoms with Crippen LogP contribution in [0.1, 0.15) is 41.6 Å². The number of primary amides is 1. The summed E-state index contributed by atoms with van der Waals surface area (Å²) in [7, 11) is 0. The van der Waals surface area contributed by atoms with Gasteiger partial charge in [0.05, 0.1) is 6.61 Å². The fourth-order valence-electron chi connectivity index (χ4n) is 2.40. The molecule has 1 amide bonds. The predicted molar refractivity (Wildman–Crippen MR) is 79.9 cm³/mol. The second-order valence-corrected chi connectivity index (χ2v) is 5.57. The van der Waals surface area contributed by atoms with Gasteiger partial charge in [-0.25, -0.2) is 0 Å². The van der Waals surface area contributed by atoms with E-state index in [0.717, 1.165) is 18.5 Å². The first-order valence-electron chi connectivity index (χ1n) is 7.06. The largest absolute Gasteiger partial charge is 0.377 e.